The van der Waals surface area contributed by atoms with Crippen molar-refractivity contribution in [2.24, 2.45) is 5.41 Å². The van der Waals surface area contributed by atoms with Gasteiger partial charge in [0.2, 0.25) is 0 Å². The fourth-order valence-electron chi connectivity index (χ4n) is 2.20. The maximum absolute atomic E-state index is 5.84. The van der Waals surface area contributed by atoms with E-state index in [-0.39, 0.29) is 17.6 Å². The zero-order valence-electron chi connectivity index (χ0n) is 11.1. The van der Waals surface area contributed by atoms with Crippen LogP contribution in [0.2, 0.25) is 0 Å². The van der Waals surface area contributed by atoms with Crippen LogP contribution < -0.4 is 9.47 Å². The lowest BCUT2D eigenvalue weighted by atomic mass is 9.73. The molecule has 94 valence electrons. The molecule has 3 heteroatoms. The van der Waals surface area contributed by atoms with Crippen LogP contribution in [0.5, 0.6) is 11.5 Å². The van der Waals surface area contributed by atoms with Gasteiger partial charge in [0.15, 0.2) is 0 Å². The van der Waals surface area contributed by atoms with E-state index in [1.165, 1.54) is 0 Å². The lowest BCUT2D eigenvalue weighted by Crippen LogP contribution is -2.48. The summed E-state index contributed by atoms with van der Waals surface area (Å²) in [6.45, 7) is 6.54. The minimum Gasteiger partial charge on any atom is -0.497 e. The van der Waals surface area contributed by atoms with Crippen LogP contribution in [0.1, 0.15) is 32.4 Å². The molecule has 17 heavy (non-hydrogen) atoms. The highest BCUT2D eigenvalue weighted by Gasteiger charge is 2.48. The molecule has 1 saturated heterocycles. The Labute approximate surface area is 103 Å². The predicted molar refractivity (Wildman–Crippen MR) is 66.6 cm³/mol. The van der Waals surface area contributed by atoms with E-state index in [1.54, 1.807) is 14.2 Å². The summed E-state index contributed by atoms with van der Waals surface area (Å²) >= 11 is 0. The van der Waals surface area contributed by atoms with Crippen molar-refractivity contribution in [3.63, 3.8) is 0 Å². The first-order chi connectivity index (χ1) is 8.00. The van der Waals surface area contributed by atoms with E-state index in [0.29, 0.717) is 0 Å². The molecule has 1 aromatic carbocycles. The van der Waals surface area contributed by atoms with Gasteiger partial charge in [-0.05, 0) is 19.1 Å². The third-order valence-electron chi connectivity index (χ3n) is 3.79. The van der Waals surface area contributed by atoms with Gasteiger partial charge >= 0.3 is 0 Å². The molecule has 1 aliphatic heterocycles. The summed E-state index contributed by atoms with van der Waals surface area (Å²) in [6, 6.07) is 5.87. The van der Waals surface area contributed by atoms with Gasteiger partial charge < -0.3 is 14.2 Å². The van der Waals surface area contributed by atoms with Crippen LogP contribution >= 0.6 is 0 Å². The molecule has 1 fully saturated rings. The Kier molecular flexibility index (Phi) is 3.04. The Bertz CT molecular complexity index is 412. The Morgan fingerprint density at radius 3 is 2.35 bits per heavy atom. The zero-order valence-corrected chi connectivity index (χ0v) is 11.1. The summed E-state index contributed by atoms with van der Waals surface area (Å²) < 4.78 is 16.4. The van der Waals surface area contributed by atoms with E-state index in [1.807, 2.05) is 18.2 Å². The molecule has 0 aliphatic carbocycles. The molecule has 0 aromatic heterocycles. The summed E-state index contributed by atoms with van der Waals surface area (Å²) in [5.41, 5.74) is 1.23. The molecule has 1 heterocycles. The normalized spacial score (nSPS) is 26.2. The number of hydrogen-bond acceptors (Lipinski definition) is 3. The number of ether oxygens (including phenoxy) is 3. The van der Waals surface area contributed by atoms with Crippen molar-refractivity contribution in [1.29, 1.82) is 0 Å². The first kappa shape index (κ1) is 12.2. The van der Waals surface area contributed by atoms with E-state index in [0.717, 1.165) is 17.1 Å². The summed E-state index contributed by atoms with van der Waals surface area (Å²) in [6.07, 6.45) is 0.373. The lowest BCUT2D eigenvalue weighted by molar-refractivity contribution is -0.230. The quantitative estimate of drug-likeness (QED) is 0.806. The van der Waals surface area contributed by atoms with Crippen LogP contribution in [0, 0.1) is 5.41 Å². The van der Waals surface area contributed by atoms with Crippen LogP contribution in [0.3, 0.4) is 0 Å². The number of benzene rings is 1. The fourth-order valence-corrected chi connectivity index (χ4v) is 2.20. The predicted octanol–water partition coefficient (Wildman–Crippen LogP) is 3.19. The number of methoxy groups -OCH3 is 2. The monoisotopic (exact) mass is 236 g/mol. The van der Waals surface area contributed by atoms with Gasteiger partial charge in [-0.1, -0.05) is 13.8 Å². The SMILES string of the molecule is COc1ccc(C2OC(C)C2(C)C)c(OC)c1. The highest BCUT2D eigenvalue weighted by atomic mass is 16.5. The third kappa shape index (κ3) is 1.89. The third-order valence-corrected chi connectivity index (χ3v) is 3.79. The van der Waals surface area contributed by atoms with E-state index in [4.69, 9.17) is 14.2 Å². The molecule has 2 atom stereocenters. The standard InChI is InChI=1S/C14H20O3/c1-9-14(2,3)13(17-9)11-7-6-10(15-4)8-12(11)16-5/h6-9,13H,1-5H3. The van der Waals surface area contributed by atoms with E-state index in [9.17, 15) is 0 Å². The molecule has 1 aromatic rings. The van der Waals surface area contributed by atoms with E-state index in [2.05, 4.69) is 20.8 Å². The maximum Gasteiger partial charge on any atom is 0.128 e. The van der Waals surface area contributed by atoms with Gasteiger partial charge in [-0.2, -0.15) is 0 Å². The van der Waals surface area contributed by atoms with E-state index < -0.39 is 0 Å². The Morgan fingerprint density at radius 2 is 1.88 bits per heavy atom. The fraction of sp³-hybridized carbons (Fsp3) is 0.571. The molecule has 0 amide bonds. The summed E-state index contributed by atoms with van der Waals surface area (Å²) in [5.74, 6) is 1.63. The van der Waals surface area contributed by atoms with Crippen LogP contribution in [-0.4, -0.2) is 20.3 Å². The summed E-state index contributed by atoms with van der Waals surface area (Å²) in [7, 11) is 3.33. The minimum atomic E-state index is 0.0957. The Hall–Kier alpha value is -1.22. The highest BCUT2D eigenvalue weighted by Crippen LogP contribution is 2.53. The molecule has 2 rings (SSSR count). The molecule has 0 saturated carbocycles. The lowest BCUT2D eigenvalue weighted by Gasteiger charge is -2.50. The first-order valence-electron chi connectivity index (χ1n) is 5.88. The largest absolute Gasteiger partial charge is 0.497 e. The van der Waals surface area contributed by atoms with Gasteiger partial charge in [0, 0.05) is 17.0 Å². The second-order valence-corrected chi connectivity index (χ2v) is 5.09. The molecule has 0 spiro atoms. The van der Waals surface area contributed by atoms with Crippen molar-refractivity contribution in [2.75, 3.05) is 14.2 Å². The summed E-state index contributed by atoms with van der Waals surface area (Å²) in [5, 5.41) is 0. The molecule has 0 bridgehead atoms. The molecule has 3 nitrogen and oxygen atoms in total. The average molecular weight is 236 g/mol. The van der Waals surface area contributed by atoms with Crippen molar-refractivity contribution in [2.45, 2.75) is 33.0 Å². The molecule has 2 unspecified atom stereocenters. The summed E-state index contributed by atoms with van der Waals surface area (Å²) in [4.78, 5) is 0. The Balaban J connectivity index is 2.33. The molecule has 0 N–H and O–H groups in total. The average Bonchev–Trinajstić information content (AvgIpc) is 2.35. The Morgan fingerprint density at radius 1 is 1.18 bits per heavy atom. The van der Waals surface area contributed by atoms with Crippen LogP contribution in [0.15, 0.2) is 18.2 Å². The van der Waals surface area contributed by atoms with Gasteiger partial charge in [-0.3, -0.25) is 0 Å². The molecule has 0 radical (unpaired) electrons. The van der Waals surface area contributed by atoms with Crippen molar-refractivity contribution in [3.05, 3.63) is 23.8 Å². The van der Waals surface area contributed by atoms with Crippen LogP contribution in [-0.2, 0) is 4.74 Å². The second kappa shape index (κ2) is 4.22. The highest BCUT2D eigenvalue weighted by molar-refractivity contribution is 5.43. The second-order valence-electron chi connectivity index (χ2n) is 5.09. The smallest absolute Gasteiger partial charge is 0.128 e. The van der Waals surface area contributed by atoms with Gasteiger partial charge in [0.05, 0.1) is 26.4 Å². The van der Waals surface area contributed by atoms with Crippen molar-refractivity contribution < 1.29 is 14.2 Å². The van der Waals surface area contributed by atoms with Crippen molar-refractivity contribution in [3.8, 4) is 11.5 Å². The maximum atomic E-state index is 5.84. The van der Waals surface area contributed by atoms with Crippen molar-refractivity contribution >= 4 is 0 Å². The van der Waals surface area contributed by atoms with Gasteiger partial charge in [0.25, 0.3) is 0 Å². The molecular formula is C14H20O3. The topological polar surface area (TPSA) is 27.7 Å². The first-order valence-corrected chi connectivity index (χ1v) is 5.88. The van der Waals surface area contributed by atoms with Crippen molar-refractivity contribution in [1.82, 2.24) is 0 Å². The van der Waals surface area contributed by atoms with Gasteiger partial charge in [0.1, 0.15) is 11.5 Å². The number of hydrogen-bond donors (Lipinski definition) is 0. The molecular weight excluding hydrogens is 216 g/mol. The minimum absolute atomic E-state index is 0.0957. The van der Waals surface area contributed by atoms with Gasteiger partial charge in [-0.15, -0.1) is 0 Å². The molecule has 1 aliphatic rings. The van der Waals surface area contributed by atoms with Crippen LogP contribution in [0.25, 0.3) is 0 Å². The van der Waals surface area contributed by atoms with Gasteiger partial charge in [-0.25, -0.2) is 0 Å². The van der Waals surface area contributed by atoms with Crippen LogP contribution in [0.4, 0.5) is 0 Å². The zero-order chi connectivity index (χ0) is 12.6. The van der Waals surface area contributed by atoms with E-state index >= 15 is 0 Å². The number of rotatable bonds is 3.